The number of nitrogens with one attached hydrogen (secondary N) is 2. The van der Waals surface area contributed by atoms with Crippen LogP contribution < -0.4 is 10.2 Å². The molecule has 4 rings (SSSR count). The van der Waals surface area contributed by atoms with Crippen molar-refractivity contribution < 1.29 is 0 Å². The average Bonchev–Trinajstić information content (AvgIpc) is 3.24. The van der Waals surface area contributed by atoms with Gasteiger partial charge in [0.1, 0.15) is 5.82 Å². The number of piperidine rings is 1. The second-order valence-corrected chi connectivity index (χ2v) is 7.14. The van der Waals surface area contributed by atoms with Crippen molar-refractivity contribution in [2.45, 2.75) is 57.4 Å². The molecule has 2 unspecified atom stereocenters. The van der Waals surface area contributed by atoms with Gasteiger partial charge in [0, 0.05) is 25.6 Å². The van der Waals surface area contributed by atoms with Crippen LogP contribution in [-0.2, 0) is 6.42 Å². The SMILES string of the molecule is C1CCC(CCc2nc(N3CC4CCCNC4C3)n[nH]2)C1. The van der Waals surface area contributed by atoms with Gasteiger partial charge in [0.15, 0.2) is 0 Å². The van der Waals surface area contributed by atoms with Crippen molar-refractivity contribution in [1.29, 1.82) is 0 Å². The largest absolute Gasteiger partial charge is 0.338 e. The Kier molecular flexibility index (Phi) is 3.84. The van der Waals surface area contributed by atoms with Crippen molar-refractivity contribution in [1.82, 2.24) is 20.5 Å². The molecule has 3 aliphatic rings. The molecule has 5 heteroatoms. The molecule has 2 aliphatic heterocycles. The summed E-state index contributed by atoms with van der Waals surface area (Å²) in [5.41, 5.74) is 0. The molecule has 1 aromatic heterocycles. The molecule has 1 aliphatic carbocycles. The van der Waals surface area contributed by atoms with E-state index >= 15 is 0 Å². The number of aromatic nitrogens is 3. The van der Waals surface area contributed by atoms with Crippen LogP contribution in [0.4, 0.5) is 5.95 Å². The molecule has 2 N–H and O–H groups in total. The summed E-state index contributed by atoms with van der Waals surface area (Å²) in [6.07, 6.45) is 10.7. The molecular weight excluding hydrogens is 262 g/mol. The molecule has 1 aromatic rings. The molecule has 2 saturated heterocycles. The Morgan fingerprint density at radius 2 is 2.00 bits per heavy atom. The zero-order valence-electron chi connectivity index (χ0n) is 12.9. The number of H-pyrrole nitrogens is 1. The first-order valence-electron chi connectivity index (χ1n) is 8.78. The Hall–Kier alpha value is -1.10. The number of nitrogens with zero attached hydrogens (tertiary/aromatic N) is 3. The molecule has 21 heavy (non-hydrogen) atoms. The lowest BCUT2D eigenvalue weighted by Crippen LogP contribution is -2.40. The molecule has 0 amide bonds. The van der Waals surface area contributed by atoms with Crippen LogP contribution in [0.2, 0.25) is 0 Å². The minimum atomic E-state index is 0.652. The Bertz CT molecular complexity index is 451. The fourth-order valence-corrected chi connectivity index (χ4v) is 4.39. The maximum absolute atomic E-state index is 4.74. The van der Waals surface area contributed by atoms with Gasteiger partial charge in [-0.1, -0.05) is 25.7 Å². The van der Waals surface area contributed by atoms with E-state index in [1.54, 1.807) is 0 Å². The minimum Gasteiger partial charge on any atom is -0.338 e. The van der Waals surface area contributed by atoms with Gasteiger partial charge in [-0.15, -0.1) is 5.10 Å². The lowest BCUT2D eigenvalue weighted by atomic mass is 9.94. The molecule has 116 valence electrons. The van der Waals surface area contributed by atoms with E-state index in [2.05, 4.69) is 20.4 Å². The summed E-state index contributed by atoms with van der Waals surface area (Å²) in [6, 6.07) is 0.652. The summed E-state index contributed by atoms with van der Waals surface area (Å²) in [6.45, 7) is 3.37. The van der Waals surface area contributed by atoms with Gasteiger partial charge in [-0.3, -0.25) is 5.10 Å². The first-order chi connectivity index (χ1) is 10.4. The van der Waals surface area contributed by atoms with Crippen molar-refractivity contribution >= 4 is 5.95 Å². The Balaban J connectivity index is 1.33. The highest BCUT2D eigenvalue weighted by Gasteiger charge is 2.35. The van der Waals surface area contributed by atoms with Gasteiger partial charge in [-0.25, -0.2) is 0 Å². The van der Waals surface area contributed by atoms with Crippen molar-refractivity contribution in [2.75, 3.05) is 24.5 Å². The van der Waals surface area contributed by atoms with Crippen molar-refractivity contribution in [3.63, 3.8) is 0 Å². The van der Waals surface area contributed by atoms with Crippen LogP contribution in [0, 0.1) is 11.8 Å². The minimum absolute atomic E-state index is 0.652. The highest BCUT2D eigenvalue weighted by atomic mass is 15.4. The maximum atomic E-state index is 4.74. The van der Waals surface area contributed by atoms with E-state index in [1.165, 1.54) is 51.5 Å². The number of rotatable bonds is 4. The zero-order chi connectivity index (χ0) is 14.1. The quantitative estimate of drug-likeness (QED) is 0.891. The van der Waals surface area contributed by atoms with Gasteiger partial charge in [-0.2, -0.15) is 4.98 Å². The summed E-state index contributed by atoms with van der Waals surface area (Å²) in [4.78, 5) is 7.11. The standard InChI is InChI=1S/C16H27N5/c1-2-5-12(4-1)7-8-15-18-16(20-19-15)21-10-13-6-3-9-17-14(13)11-21/h12-14,17H,1-11H2,(H,18,19,20). The van der Waals surface area contributed by atoms with Gasteiger partial charge in [-0.05, 0) is 37.6 Å². The maximum Gasteiger partial charge on any atom is 0.244 e. The van der Waals surface area contributed by atoms with Crippen LogP contribution in [0.25, 0.3) is 0 Å². The monoisotopic (exact) mass is 289 g/mol. The van der Waals surface area contributed by atoms with E-state index in [9.17, 15) is 0 Å². The molecule has 0 radical (unpaired) electrons. The van der Waals surface area contributed by atoms with Crippen LogP contribution in [0.3, 0.4) is 0 Å². The lowest BCUT2D eigenvalue weighted by Gasteiger charge is -2.24. The normalized spacial score (nSPS) is 30.0. The van der Waals surface area contributed by atoms with E-state index in [0.29, 0.717) is 6.04 Å². The Morgan fingerprint density at radius 3 is 2.86 bits per heavy atom. The summed E-state index contributed by atoms with van der Waals surface area (Å²) in [5.74, 6) is 3.73. The highest BCUT2D eigenvalue weighted by Crippen LogP contribution is 2.29. The molecule has 2 atom stereocenters. The third-order valence-corrected chi connectivity index (χ3v) is 5.67. The molecule has 3 heterocycles. The predicted octanol–water partition coefficient (Wildman–Crippen LogP) is 2.12. The van der Waals surface area contributed by atoms with Crippen LogP contribution >= 0.6 is 0 Å². The lowest BCUT2D eigenvalue weighted by molar-refractivity contribution is 0.340. The van der Waals surface area contributed by atoms with E-state index in [1.807, 2.05) is 0 Å². The number of fused-ring (bicyclic) bond motifs is 1. The molecule has 3 fully saturated rings. The molecule has 1 saturated carbocycles. The molecular formula is C16H27N5. The third-order valence-electron chi connectivity index (χ3n) is 5.67. The average molecular weight is 289 g/mol. The Morgan fingerprint density at radius 1 is 1.10 bits per heavy atom. The van der Waals surface area contributed by atoms with E-state index in [-0.39, 0.29) is 0 Å². The van der Waals surface area contributed by atoms with Crippen LogP contribution in [0.15, 0.2) is 0 Å². The van der Waals surface area contributed by atoms with Crippen molar-refractivity contribution in [3.8, 4) is 0 Å². The van der Waals surface area contributed by atoms with Gasteiger partial charge in [0.2, 0.25) is 5.95 Å². The topological polar surface area (TPSA) is 56.8 Å². The zero-order valence-corrected chi connectivity index (χ0v) is 12.9. The summed E-state index contributed by atoms with van der Waals surface area (Å²) < 4.78 is 0. The number of anilines is 1. The third kappa shape index (κ3) is 2.93. The van der Waals surface area contributed by atoms with Gasteiger partial charge in [0.05, 0.1) is 0 Å². The number of hydrogen-bond acceptors (Lipinski definition) is 4. The van der Waals surface area contributed by atoms with Crippen LogP contribution in [0.1, 0.15) is 50.8 Å². The van der Waals surface area contributed by atoms with Gasteiger partial charge >= 0.3 is 0 Å². The van der Waals surface area contributed by atoms with Crippen LogP contribution in [0.5, 0.6) is 0 Å². The molecule has 5 nitrogen and oxygen atoms in total. The second kappa shape index (κ2) is 5.95. The first kappa shape index (κ1) is 13.6. The van der Waals surface area contributed by atoms with E-state index in [4.69, 9.17) is 4.98 Å². The highest BCUT2D eigenvalue weighted by molar-refractivity contribution is 5.32. The van der Waals surface area contributed by atoms with Gasteiger partial charge < -0.3 is 10.2 Å². The fourth-order valence-electron chi connectivity index (χ4n) is 4.39. The first-order valence-corrected chi connectivity index (χ1v) is 8.78. The van der Waals surface area contributed by atoms with Crippen molar-refractivity contribution in [2.24, 2.45) is 11.8 Å². The summed E-state index contributed by atoms with van der Waals surface area (Å²) in [5, 5.41) is 11.3. The molecule has 0 bridgehead atoms. The smallest absolute Gasteiger partial charge is 0.244 e. The second-order valence-electron chi connectivity index (χ2n) is 7.14. The summed E-state index contributed by atoms with van der Waals surface area (Å²) in [7, 11) is 0. The number of aryl methyl sites for hydroxylation is 1. The molecule has 0 aromatic carbocycles. The van der Waals surface area contributed by atoms with E-state index in [0.717, 1.165) is 43.1 Å². The number of hydrogen-bond donors (Lipinski definition) is 2. The van der Waals surface area contributed by atoms with Gasteiger partial charge in [0.25, 0.3) is 0 Å². The molecule has 0 spiro atoms. The van der Waals surface area contributed by atoms with E-state index < -0.39 is 0 Å². The summed E-state index contributed by atoms with van der Waals surface area (Å²) >= 11 is 0. The number of aromatic amines is 1. The van der Waals surface area contributed by atoms with Crippen molar-refractivity contribution in [3.05, 3.63) is 5.82 Å². The van der Waals surface area contributed by atoms with Crippen LogP contribution in [-0.4, -0.2) is 40.9 Å². The predicted molar refractivity (Wildman–Crippen MR) is 83.4 cm³/mol. The Labute approximate surface area is 126 Å². The fraction of sp³-hybridized carbons (Fsp3) is 0.875.